The highest BCUT2D eigenvalue weighted by atomic mass is 19.4. The quantitative estimate of drug-likeness (QED) is 0.741. The molecule has 10 heteroatoms. The second-order valence-electron chi connectivity index (χ2n) is 6.86. The molecule has 144 valence electrons. The van der Waals surface area contributed by atoms with Gasteiger partial charge in [-0.25, -0.2) is 14.5 Å². The molecule has 2 unspecified atom stereocenters. The van der Waals surface area contributed by atoms with Crippen molar-refractivity contribution in [2.45, 2.75) is 26.1 Å². The minimum atomic E-state index is -4.58. The summed E-state index contributed by atoms with van der Waals surface area (Å²) in [5, 5.41) is 7.36. The number of anilines is 1. The molecule has 1 saturated heterocycles. The van der Waals surface area contributed by atoms with Gasteiger partial charge >= 0.3 is 12.1 Å². The van der Waals surface area contributed by atoms with E-state index >= 15 is 0 Å². The molecule has 1 aliphatic carbocycles. The van der Waals surface area contributed by atoms with Crippen molar-refractivity contribution in [1.29, 1.82) is 0 Å². The fraction of sp³-hybridized carbons (Fsp3) is 0.529. The summed E-state index contributed by atoms with van der Waals surface area (Å²) in [6, 6.07) is 3.03. The van der Waals surface area contributed by atoms with Crippen molar-refractivity contribution in [1.82, 2.24) is 20.0 Å². The normalized spacial score (nSPS) is 21.3. The molecule has 0 spiro atoms. The second kappa shape index (κ2) is 6.50. The molecule has 2 fully saturated rings. The zero-order valence-corrected chi connectivity index (χ0v) is 14.6. The third-order valence-electron chi connectivity index (χ3n) is 4.89. The van der Waals surface area contributed by atoms with Crippen LogP contribution in [0.3, 0.4) is 0 Å². The van der Waals surface area contributed by atoms with Crippen molar-refractivity contribution >= 4 is 11.8 Å². The highest BCUT2D eigenvalue weighted by Crippen LogP contribution is 2.46. The number of carbonyl (C=O) groups is 1. The van der Waals surface area contributed by atoms with Crippen molar-refractivity contribution in [2.24, 2.45) is 11.8 Å². The van der Waals surface area contributed by atoms with Crippen LogP contribution in [0, 0.1) is 11.8 Å². The Bertz CT molecular complexity index is 856. The van der Waals surface area contributed by atoms with Crippen molar-refractivity contribution in [3.05, 3.63) is 35.3 Å². The van der Waals surface area contributed by atoms with Gasteiger partial charge in [-0.2, -0.15) is 13.2 Å². The molecule has 0 N–H and O–H groups in total. The van der Waals surface area contributed by atoms with E-state index < -0.39 is 17.8 Å². The standard InChI is InChI=1S/C17H18F3N5O2/c1-2-27-16(26)13-9-25(23-22-13)8-10-3-4-14(21-15(10)17(18,19)20)24-6-11-5-12(11)7-24/h3-4,9,11-12H,2,5-8H2,1H3. The summed E-state index contributed by atoms with van der Waals surface area (Å²) in [6.45, 7) is 3.16. The largest absolute Gasteiger partial charge is 0.461 e. The van der Waals surface area contributed by atoms with Crippen molar-refractivity contribution in [3.8, 4) is 0 Å². The summed E-state index contributed by atoms with van der Waals surface area (Å²) in [7, 11) is 0. The van der Waals surface area contributed by atoms with E-state index in [9.17, 15) is 18.0 Å². The van der Waals surface area contributed by atoms with E-state index in [0.717, 1.165) is 19.5 Å². The van der Waals surface area contributed by atoms with Gasteiger partial charge in [-0.15, -0.1) is 5.10 Å². The number of hydrogen-bond donors (Lipinski definition) is 0. The maximum atomic E-state index is 13.5. The first-order valence-corrected chi connectivity index (χ1v) is 8.74. The van der Waals surface area contributed by atoms with Crippen LogP contribution in [-0.4, -0.2) is 45.6 Å². The van der Waals surface area contributed by atoms with Gasteiger partial charge in [-0.1, -0.05) is 11.3 Å². The predicted octanol–water partition coefficient (Wildman–Crippen LogP) is 2.37. The Labute approximate surface area is 153 Å². The van der Waals surface area contributed by atoms with Crippen LogP contribution in [0.1, 0.15) is 35.1 Å². The van der Waals surface area contributed by atoms with Crippen LogP contribution >= 0.6 is 0 Å². The van der Waals surface area contributed by atoms with Gasteiger partial charge < -0.3 is 9.64 Å². The topological polar surface area (TPSA) is 73.1 Å². The molecular weight excluding hydrogens is 363 g/mol. The van der Waals surface area contributed by atoms with E-state index in [1.165, 1.54) is 16.9 Å². The number of piperidine rings is 1. The zero-order valence-electron chi connectivity index (χ0n) is 14.6. The molecule has 1 aliphatic heterocycles. The molecule has 0 radical (unpaired) electrons. The molecular formula is C17H18F3N5O2. The number of hydrogen-bond acceptors (Lipinski definition) is 6. The first-order chi connectivity index (χ1) is 12.8. The molecule has 3 heterocycles. The number of pyridine rings is 1. The molecule has 2 atom stereocenters. The van der Waals surface area contributed by atoms with Gasteiger partial charge in [0.05, 0.1) is 19.3 Å². The Morgan fingerprint density at radius 2 is 2.04 bits per heavy atom. The van der Waals surface area contributed by atoms with E-state index in [1.807, 2.05) is 4.90 Å². The molecule has 1 saturated carbocycles. The second-order valence-corrected chi connectivity index (χ2v) is 6.86. The maximum Gasteiger partial charge on any atom is 0.433 e. The van der Waals surface area contributed by atoms with Crippen LogP contribution < -0.4 is 4.90 Å². The summed E-state index contributed by atoms with van der Waals surface area (Å²) in [5.41, 5.74) is -1.02. The highest BCUT2D eigenvalue weighted by molar-refractivity contribution is 5.86. The van der Waals surface area contributed by atoms with Crippen LogP contribution in [-0.2, 0) is 17.5 Å². The van der Waals surface area contributed by atoms with Gasteiger partial charge in [-0.3, -0.25) is 0 Å². The predicted molar refractivity (Wildman–Crippen MR) is 88.1 cm³/mol. The van der Waals surface area contributed by atoms with E-state index in [-0.39, 0.29) is 24.4 Å². The third-order valence-corrected chi connectivity index (χ3v) is 4.89. The van der Waals surface area contributed by atoms with Gasteiger partial charge in [0, 0.05) is 18.7 Å². The number of alkyl halides is 3. The molecule has 0 amide bonds. The van der Waals surface area contributed by atoms with Crippen molar-refractivity contribution in [2.75, 3.05) is 24.6 Å². The Morgan fingerprint density at radius 3 is 2.70 bits per heavy atom. The lowest BCUT2D eigenvalue weighted by molar-refractivity contribution is -0.141. The number of nitrogens with zero attached hydrogens (tertiary/aromatic N) is 5. The van der Waals surface area contributed by atoms with Crippen LogP contribution in [0.25, 0.3) is 0 Å². The van der Waals surface area contributed by atoms with Crippen molar-refractivity contribution in [3.63, 3.8) is 0 Å². The van der Waals surface area contributed by atoms with Gasteiger partial charge in [0.2, 0.25) is 0 Å². The number of halogens is 3. The molecule has 0 aromatic carbocycles. The lowest BCUT2D eigenvalue weighted by Crippen LogP contribution is -2.25. The van der Waals surface area contributed by atoms with Gasteiger partial charge in [0.1, 0.15) is 5.82 Å². The molecule has 7 nitrogen and oxygen atoms in total. The summed E-state index contributed by atoms with van der Waals surface area (Å²) in [6.07, 6.45) is -2.16. The number of carbonyl (C=O) groups excluding carboxylic acids is 1. The fourth-order valence-electron chi connectivity index (χ4n) is 3.46. The van der Waals surface area contributed by atoms with Gasteiger partial charge in [-0.05, 0) is 31.2 Å². The Balaban J connectivity index is 1.57. The fourth-order valence-corrected chi connectivity index (χ4v) is 3.46. The SMILES string of the molecule is CCOC(=O)c1cn(Cc2ccc(N3CC4CC4C3)nc2C(F)(F)F)nn1. The highest BCUT2D eigenvalue weighted by Gasteiger charge is 2.46. The summed E-state index contributed by atoms with van der Waals surface area (Å²) >= 11 is 0. The lowest BCUT2D eigenvalue weighted by Gasteiger charge is -2.21. The first-order valence-electron chi connectivity index (χ1n) is 8.74. The molecule has 0 bridgehead atoms. The van der Waals surface area contributed by atoms with Crippen LogP contribution in [0.2, 0.25) is 0 Å². The average molecular weight is 381 g/mol. The summed E-state index contributed by atoms with van der Waals surface area (Å²) < 4.78 is 46.6. The Morgan fingerprint density at radius 1 is 1.30 bits per heavy atom. The number of ether oxygens (including phenoxy) is 1. The first kappa shape index (κ1) is 17.7. The van der Waals surface area contributed by atoms with E-state index in [1.54, 1.807) is 13.0 Å². The number of esters is 1. The van der Waals surface area contributed by atoms with Crippen molar-refractivity contribution < 1.29 is 22.7 Å². The smallest absolute Gasteiger partial charge is 0.433 e. The Hall–Kier alpha value is -2.65. The molecule has 27 heavy (non-hydrogen) atoms. The zero-order chi connectivity index (χ0) is 19.2. The summed E-state index contributed by atoms with van der Waals surface area (Å²) in [5.74, 6) is 0.875. The van der Waals surface area contributed by atoms with E-state index in [0.29, 0.717) is 17.7 Å². The molecule has 2 aliphatic rings. The van der Waals surface area contributed by atoms with Crippen LogP contribution in [0.4, 0.5) is 19.0 Å². The average Bonchev–Trinajstić information content (AvgIpc) is 3.02. The number of fused-ring (bicyclic) bond motifs is 1. The monoisotopic (exact) mass is 381 g/mol. The van der Waals surface area contributed by atoms with E-state index in [2.05, 4.69) is 15.3 Å². The number of aromatic nitrogens is 4. The van der Waals surface area contributed by atoms with Crippen LogP contribution in [0.15, 0.2) is 18.3 Å². The van der Waals surface area contributed by atoms with E-state index in [4.69, 9.17) is 4.74 Å². The maximum absolute atomic E-state index is 13.5. The van der Waals surface area contributed by atoms with Crippen LogP contribution in [0.5, 0.6) is 0 Å². The number of rotatable bonds is 5. The minimum absolute atomic E-state index is 0.0316. The molecule has 2 aromatic rings. The van der Waals surface area contributed by atoms with Gasteiger partial charge in [0.25, 0.3) is 0 Å². The lowest BCUT2D eigenvalue weighted by atomic mass is 10.1. The third kappa shape index (κ3) is 3.60. The summed E-state index contributed by atoms with van der Waals surface area (Å²) in [4.78, 5) is 17.4. The minimum Gasteiger partial charge on any atom is -0.461 e. The van der Waals surface area contributed by atoms with Gasteiger partial charge in [0.15, 0.2) is 11.4 Å². The molecule has 2 aromatic heterocycles. The Kier molecular flexibility index (Phi) is 4.27. The molecule has 4 rings (SSSR count).